The van der Waals surface area contributed by atoms with Crippen molar-refractivity contribution in [2.45, 2.75) is 44.1 Å². The summed E-state index contributed by atoms with van der Waals surface area (Å²) in [5, 5.41) is 7.34. The van der Waals surface area contributed by atoms with Crippen LogP contribution in [0.4, 0.5) is 13.2 Å². The van der Waals surface area contributed by atoms with Gasteiger partial charge in [0.25, 0.3) is 10.0 Å². The van der Waals surface area contributed by atoms with E-state index in [-0.39, 0.29) is 12.5 Å². The zero-order valence-corrected chi connectivity index (χ0v) is 16.1. The van der Waals surface area contributed by atoms with Crippen molar-refractivity contribution in [3.8, 4) is 0 Å². The summed E-state index contributed by atoms with van der Waals surface area (Å²) in [5.41, 5.74) is 7.82. The molecule has 3 heterocycles. The lowest BCUT2D eigenvalue weighted by atomic mass is 9.82. The average Bonchev–Trinajstić information content (AvgIpc) is 3.17. The maximum absolute atomic E-state index is 14.2. The molecule has 2 aliphatic heterocycles. The van der Waals surface area contributed by atoms with E-state index in [0.29, 0.717) is 37.8 Å². The van der Waals surface area contributed by atoms with Crippen LogP contribution in [0.3, 0.4) is 0 Å². The monoisotopic (exact) mass is 417 g/mol. The molecule has 0 spiro atoms. The van der Waals surface area contributed by atoms with Crippen molar-refractivity contribution in [3.63, 3.8) is 0 Å². The Bertz CT molecular complexity index is 934. The summed E-state index contributed by atoms with van der Waals surface area (Å²) in [6.45, 7) is 1.57. The first kappa shape index (κ1) is 19.6. The van der Waals surface area contributed by atoms with E-state index in [2.05, 4.69) is 15.3 Å². The normalized spacial score (nSPS) is 31.8. The number of nitrogens with zero attached hydrogens (tertiary/aromatic N) is 3. The molecule has 4 rings (SSSR count). The topological polar surface area (TPSA) is 93.2 Å². The third-order valence-electron chi connectivity index (χ3n) is 5.74. The van der Waals surface area contributed by atoms with Gasteiger partial charge in [0.1, 0.15) is 11.7 Å². The number of hydrogen-bond donors (Lipinski definition) is 2. The lowest BCUT2D eigenvalue weighted by Gasteiger charge is -2.42. The van der Waals surface area contributed by atoms with Crippen molar-refractivity contribution < 1.29 is 21.6 Å². The number of piperidine rings is 1. The Morgan fingerprint density at radius 2 is 2.04 bits per heavy atom. The van der Waals surface area contributed by atoms with Crippen LogP contribution in [0.25, 0.3) is 0 Å². The maximum atomic E-state index is 14.2. The number of aromatic nitrogens is 2. The molecular weight excluding hydrogens is 395 g/mol. The fourth-order valence-electron chi connectivity index (χ4n) is 4.26. The molecule has 0 amide bonds. The SMILES string of the molecule is CS(=O)(=O)n1cc2c(n1)CN(C1CN[C@H](C3CC(F)=C(F)C=C3F)C(N)C1)C2. The van der Waals surface area contributed by atoms with Crippen LogP contribution in [0.2, 0.25) is 0 Å². The molecule has 0 radical (unpaired) electrons. The van der Waals surface area contributed by atoms with Crippen LogP contribution in [-0.2, 0) is 23.1 Å². The minimum Gasteiger partial charge on any atom is -0.326 e. The van der Waals surface area contributed by atoms with Gasteiger partial charge in [-0.3, -0.25) is 4.90 Å². The number of fused-ring (bicyclic) bond motifs is 1. The van der Waals surface area contributed by atoms with E-state index >= 15 is 0 Å². The molecule has 1 aromatic rings. The first-order valence-electron chi connectivity index (χ1n) is 9.05. The largest absolute Gasteiger partial charge is 0.326 e. The Morgan fingerprint density at radius 3 is 2.68 bits per heavy atom. The molecule has 3 N–H and O–H groups in total. The van der Waals surface area contributed by atoms with Gasteiger partial charge in [0, 0.05) is 67.9 Å². The molecule has 1 aromatic heterocycles. The van der Waals surface area contributed by atoms with E-state index in [0.717, 1.165) is 15.9 Å². The maximum Gasteiger partial charge on any atom is 0.250 e. The van der Waals surface area contributed by atoms with E-state index in [9.17, 15) is 21.6 Å². The van der Waals surface area contributed by atoms with E-state index in [1.807, 2.05) is 0 Å². The zero-order valence-electron chi connectivity index (χ0n) is 15.3. The molecular formula is C17H22F3N5O2S. The minimum absolute atomic E-state index is 0.0555. The Balaban J connectivity index is 1.40. The van der Waals surface area contributed by atoms with Gasteiger partial charge < -0.3 is 11.1 Å². The van der Waals surface area contributed by atoms with Crippen molar-refractivity contribution in [1.29, 1.82) is 0 Å². The summed E-state index contributed by atoms with van der Waals surface area (Å²) >= 11 is 0. The Hall–Kier alpha value is -1.69. The fraction of sp³-hybridized carbons (Fsp3) is 0.588. The van der Waals surface area contributed by atoms with Gasteiger partial charge in [-0.25, -0.2) is 21.6 Å². The predicted molar refractivity (Wildman–Crippen MR) is 96.4 cm³/mol. The van der Waals surface area contributed by atoms with Crippen molar-refractivity contribution >= 4 is 10.0 Å². The van der Waals surface area contributed by atoms with Gasteiger partial charge >= 0.3 is 0 Å². The van der Waals surface area contributed by atoms with Crippen LogP contribution in [0, 0.1) is 5.92 Å². The highest BCUT2D eigenvalue weighted by molar-refractivity contribution is 7.89. The lowest BCUT2D eigenvalue weighted by Crippen LogP contribution is -2.60. The number of allylic oxidation sites excluding steroid dienone is 3. The molecule has 1 aliphatic carbocycles. The molecule has 1 fully saturated rings. The van der Waals surface area contributed by atoms with Crippen LogP contribution in [0.5, 0.6) is 0 Å². The van der Waals surface area contributed by atoms with Crippen molar-refractivity contribution in [2.24, 2.45) is 11.7 Å². The molecule has 11 heteroatoms. The highest BCUT2D eigenvalue weighted by Crippen LogP contribution is 2.36. The Morgan fingerprint density at radius 1 is 1.29 bits per heavy atom. The smallest absolute Gasteiger partial charge is 0.250 e. The van der Waals surface area contributed by atoms with E-state index in [1.165, 1.54) is 6.20 Å². The van der Waals surface area contributed by atoms with Crippen LogP contribution < -0.4 is 11.1 Å². The summed E-state index contributed by atoms with van der Waals surface area (Å²) < 4.78 is 65.1. The van der Waals surface area contributed by atoms with E-state index in [4.69, 9.17) is 5.73 Å². The standard InChI is InChI=1S/C17H22F3N5O2S/c1-28(26,27)25-7-9-6-24(8-16(9)23-25)10-2-15(21)17(22-5-10)11-3-13(19)14(20)4-12(11)18/h4,7,10-11,15,17,22H,2-3,5-6,8,21H2,1H3/t10?,11?,15?,17-/m1/s1. The zero-order chi connectivity index (χ0) is 20.2. The third-order valence-corrected chi connectivity index (χ3v) is 6.61. The van der Waals surface area contributed by atoms with Gasteiger partial charge in [0.15, 0.2) is 5.83 Å². The molecule has 154 valence electrons. The van der Waals surface area contributed by atoms with Gasteiger partial charge in [-0.15, -0.1) is 0 Å². The summed E-state index contributed by atoms with van der Waals surface area (Å²) in [5.74, 6) is -3.61. The van der Waals surface area contributed by atoms with Crippen LogP contribution >= 0.6 is 0 Å². The van der Waals surface area contributed by atoms with E-state index in [1.54, 1.807) is 0 Å². The van der Waals surface area contributed by atoms with Crippen molar-refractivity contribution in [2.75, 3.05) is 12.8 Å². The van der Waals surface area contributed by atoms with Gasteiger partial charge in [0.05, 0.1) is 11.9 Å². The molecule has 7 nitrogen and oxygen atoms in total. The number of nitrogens with two attached hydrogens (primary N) is 1. The summed E-state index contributed by atoms with van der Waals surface area (Å²) in [7, 11) is -3.41. The predicted octanol–water partition coefficient (Wildman–Crippen LogP) is 1.09. The van der Waals surface area contributed by atoms with E-state index < -0.39 is 45.5 Å². The van der Waals surface area contributed by atoms with Crippen LogP contribution in [0.15, 0.2) is 29.8 Å². The quantitative estimate of drug-likeness (QED) is 0.765. The average molecular weight is 417 g/mol. The summed E-state index contributed by atoms with van der Waals surface area (Å²) in [6, 6.07) is -0.855. The molecule has 1 saturated heterocycles. The van der Waals surface area contributed by atoms with Gasteiger partial charge in [-0.1, -0.05) is 0 Å². The Labute approximate surface area is 161 Å². The van der Waals surface area contributed by atoms with Gasteiger partial charge in [0.2, 0.25) is 0 Å². The summed E-state index contributed by atoms with van der Waals surface area (Å²) in [4.78, 5) is 2.14. The Kier molecular flexibility index (Phi) is 4.89. The number of hydrogen-bond acceptors (Lipinski definition) is 6. The van der Waals surface area contributed by atoms with Crippen molar-refractivity contribution in [1.82, 2.24) is 19.4 Å². The first-order chi connectivity index (χ1) is 13.1. The van der Waals surface area contributed by atoms with Crippen molar-refractivity contribution in [3.05, 3.63) is 41.0 Å². The number of rotatable bonds is 3. The molecule has 0 saturated carbocycles. The lowest BCUT2D eigenvalue weighted by molar-refractivity contribution is 0.121. The third kappa shape index (κ3) is 3.51. The first-order valence-corrected chi connectivity index (χ1v) is 10.9. The summed E-state index contributed by atoms with van der Waals surface area (Å²) in [6.07, 6.45) is 3.45. The fourth-order valence-corrected chi connectivity index (χ4v) is 4.83. The second-order valence-corrected chi connectivity index (χ2v) is 9.56. The molecule has 3 aliphatic rings. The number of halogens is 3. The number of nitrogens with one attached hydrogen (secondary N) is 1. The molecule has 28 heavy (non-hydrogen) atoms. The highest BCUT2D eigenvalue weighted by Gasteiger charge is 2.40. The van der Waals surface area contributed by atoms with Gasteiger partial charge in [-0.05, 0) is 6.42 Å². The second-order valence-electron chi connectivity index (χ2n) is 7.72. The van der Waals surface area contributed by atoms with Crippen LogP contribution in [0.1, 0.15) is 24.1 Å². The minimum atomic E-state index is -3.41. The molecule has 3 unspecified atom stereocenters. The highest BCUT2D eigenvalue weighted by atomic mass is 32.2. The van der Waals surface area contributed by atoms with Crippen LogP contribution in [-0.4, -0.2) is 53.4 Å². The molecule has 0 aromatic carbocycles. The van der Waals surface area contributed by atoms with Gasteiger partial charge in [-0.2, -0.15) is 9.19 Å². The molecule has 0 bridgehead atoms. The molecule has 4 atom stereocenters. The second kappa shape index (κ2) is 6.97.